The van der Waals surface area contributed by atoms with Crippen LogP contribution < -0.4 is 0 Å². The van der Waals surface area contributed by atoms with Crippen LogP contribution in [0.5, 0.6) is 0 Å². The highest BCUT2D eigenvalue weighted by atomic mass is 16.3. The van der Waals surface area contributed by atoms with Crippen LogP contribution in [0.1, 0.15) is 22.6 Å². The highest BCUT2D eigenvalue weighted by Gasteiger charge is 2.45. The van der Waals surface area contributed by atoms with E-state index in [1.807, 2.05) is 54.6 Å². The Kier molecular flexibility index (Phi) is 2.53. The molecule has 0 aliphatic heterocycles. The Morgan fingerprint density at radius 2 is 1.72 bits per heavy atom. The molecule has 2 aromatic carbocycles. The summed E-state index contributed by atoms with van der Waals surface area (Å²) in [6.45, 7) is 0. The largest absolute Gasteiger partial charge is 0.381 e. The summed E-state index contributed by atoms with van der Waals surface area (Å²) < 4.78 is 0. The third kappa shape index (κ3) is 1.57. The van der Waals surface area contributed by atoms with E-state index in [1.165, 1.54) is 0 Å². The second-order valence-electron chi connectivity index (χ2n) is 4.83. The number of carbonyl (C=O) groups excluding carboxylic acids is 1. The predicted molar refractivity (Wildman–Crippen MR) is 69.4 cm³/mol. The van der Waals surface area contributed by atoms with Gasteiger partial charge in [0.15, 0.2) is 6.29 Å². The van der Waals surface area contributed by atoms with Crippen molar-refractivity contribution in [2.75, 3.05) is 0 Å². The first kappa shape index (κ1) is 11.2. The Morgan fingerprint density at radius 1 is 1.06 bits per heavy atom. The topological polar surface area (TPSA) is 37.3 Å². The fourth-order valence-electron chi connectivity index (χ4n) is 2.88. The van der Waals surface area contributed by atoms with E-state index in [2.05, 4.69) is 0 Å². The van der Waals surface area contributed by atoms with Gasteiger partial charge in [0.25, 0.3) is 0 Å². The van der Waals surface area contributed by atoms with E-state index in [0.29, 0.717) is 12.7 Å². The van der Waals surface area contributed by atoms with Gasteiger partial charge >= 0.3 is 0 Å². The number of carbonyl (C=O) groups is 1. The first-order valence-corrected chi connectivity index (χ1v) is 6.06. The fourth-order valence-corrected chi connectivity index (χ4v) is 2.88. The van der Waals surface area contributed by atoms with Crippen LogP contribution in [-0.2, 0) is 11.2 Å². The van der Waals surface area contributed by atoms with Crippen LogP contribution in [0.3, 0.4) is 0 Å². The molecule has 0 aromatic heterocycles. The molecule has 2 nitrogen and oxygen atoms in total. The Hall–Kier alpha value is -1.93. The molecule has 0 spiro atoms. The van der Waals surface area contributed by atoms with Crippen LogP contribution in [0, 0.1) is 0 Å². The molecule has 18 heavy (non-hydrogen) atoms. The lowest BCUT2D eigenvalue weighted by Crippen LogP contribution is -2.36. The number of fused-ring (bicyclic) bond motifs is 1. The van der Waals surface area contributed by atoms with Gasteiger partial charge in [0.05, 0.1) is 0 Å². The van der Waals surface area contributed by atoms with E-state index in [4.69, 9.17) is 0 Å². The van der Waals surface area contributed by atoms with Gasteiger partial charge in [0.2, 0.25) is 0 Å². The van der Waals surface area contributed by atoms with Crippen LogP contribution in [0.15, 0.2) is 54.6 Å². The predicted octanol–water partition coefficient (Wildman–Crippen LogP) is 2.30. The van der Waals surface area contributed by atoms with Gasteiger partial charge in [0, 0.05) is 12.3 Å². The smallest absolute Gasteiger partial charge is 0.152 e. The van der Waals surface area contributed by atoms with Crippen LogP contribution in [0.4, 0.5) is 0 Å². The molecule has 0 bridgehead atoms. The maximum atomic E-state index is 11.3. The Labute approximate surface area is 106 Å². The molecular weight excluding hydrogens is 224 g/mol. The molecule has 3 rings (SSSR count). The molecule has 2 aromatic rings. The SMILES string of the molecule is O=C[C@@]1(O)Cc2ccccc2[C@H]1c1ccccc1. The molecule has 1 aliphatic carbocycles. The molecule has 0 heterocycles. The summed E-state index contributed by atoms with van der Waals surface area (Å²) in [6.07, 6.45) is 1.08. The average molecular weight is 238 g/mol. The summed E-state index contributed by atoms with van der Waals surface area (Å²) in [7, 11) is 0. The van der Waals surface area contributed by atoms with Crippen molar-refractivity contribution in [2.45, 2.75) is 17.9 Å². The quantitative estimate of drug-likeness (QED) is 0.815. The highest BCUT2D eigenvalue weighted by Crippen LogP contribution is 2.43. The Balaban J connectivity index is 2.18. The second-order valence-corrected chi connectivity index (χ2v) is 4.83. The van der Waals surface area contributed by atoms with Crippen molar-refractivity contribution in [3.05, 3.63) is 71.3 Å². The zero-order valence-electron chi connectivity index (χ0n) is 9.91. The summed E-state index contributed by atoms with van der Waals surface area (Å²) in [4.78, 5) is 11.3. The van der Waals surface area contributed by atoms with Gasteiger partial charge < -0.3 is 9.90 Å². The van der Waals surface area contributed by atoms with Crippen molar-refractivity contribution in [3.63, 3.8) is 0 Å². The molecule has 0 fully saturated rings. The minimum Gasteiger partial charge on any atom is -0.381 e. The zero-order chi connectivity index (χ0) is 12.6. The number of benzene rings is 2. The van der Waals surface area contributed by atoms with E-state index in [0.717, 1.165) is 16.7 Å². The summed E-state index contributed by atoms with van der Waals surface area (Å²) >= 11 is 0. The van der Waals surface area contributed by atoms with E-state index in [-0.39, 0.29) is 5.92 Å². The number of rotatable bonds is 2. The molecule has 0 radical (unpaired) electrons. The van der Waals surface area contributed by atoms with E-state index >= 15 is 0 Å². The molecule has 2 atom stereocenters. The van der Waals surface area contributed by atoms with Gasteiger partial charge in [-0.2, -0.15) is 0 Å². The molecule has 2 heteroatoms. The maximum Gasteiger partial charge on any atom is 0.152 e. The highest BCUT2D eigenvalue weighted by molar-refractivity contribution is 5.71. The van der Waals surface area contributed by atoms with Crippen LogP contribution >= 0.6 is 0 Å². The van der Waals surface area contributed by atoms with Crippen molar-refractivity contribution in [1.29, 1.82) is 0 Å². The van der Waals surface area contributed by atoms with Crippen LogP contribution in [-0.4, -0.2) is 17.0 Å². The number of hydrogen-bond donors (Lipinski definition) is 1. The maximum absolute atomic E-state index is 11.3. The Bertz CT molecular complexity index is 577. The minimum absolute atomic E-state index is 0.257. The van der Waals surface area contributed by atoms with E-state index < -0.39 is 5.60 Å². The average Bonchev–Trinajstić information content (AvgIpc) is 2.72. The number of hydrogen-bond acceptors (Lipinski definition) is 2. The molecule has 1 N–H and O–H groups in total. The van der Waals surface area contributed by atoms with Crippen LogP contribution in [0.25, 0.3) is 0 Å². The molecule has 0 unspecified atom stereocenters. The fraction of sp³-hybridized carbons (Fsp3) is 0.188. The van der Waals surface area contributed by atoms with Crippen molar-refractivity contribution in [2.24, 2.45) is 0 Å². The number of aliphatic hydroxyl groups is 1. The normalized spacial score (nSPS) is 25.7. The molecule has 90 valence electrons. The molecule has 0 saturated heterocycles. The lowest BCUT2D eigenvalue weighted by atomic mass is 9.83. The standard InChI is InChI=1S/C16H14O2/c17-11-16(18)10-13-8-4-5-9-14(13)15(16)12-6-2-1-3-7-12/h1-9,11,15,18H,10H2/t15-,16+/m1/s1. The van der Waals surface area contributed by atoms with Gasteiger partial charge in [-0.3, -0.25) is 0 Å². The lowest BCUT2D eigenvalue weighted by Gasteiger charge is -2.25. The van der Waals surface area contributed by atoms with Gasteiger partial charge in [-0.1, -0.05) is 54.6 Å². The van der Waals surface area contributed by atoms with Gasteiger partial charge in [-0.05, 0) is 16.7 Å². The first-order valence-electron chi connectivity index (χ1n) is 6.06. The van der Waals surface area contributed by atoms with E-state index in [9.17, 15) is 9.90 Å². The van der Waals surface area contributed by atoms with Crippen molar-refractivity contribution >= 4 is 6.29 Å². The third-order valence-electron chi connectivity index (χ3n) is 3.68. The van der Waals surface area contributed by atoms with Crippen LogP contribution in [0.2, 0.25) is 0 Å². The van der Waals surface area contributed by atoms with E-state index in [1.54, 1.807) is 0 Å². The monoisotopic (exact) mass is 238 g/mol. The minimum atomic E-state index is -1.31. The zero-order valence-corrected chi connectivity index (χ0v) is 9.91. The van der Waals surface area contributed by atoms with Gasteiger partial charge in [-0.25, -0.2) is 0 Å². The lowest BCUT2D eigenvalue weighted by molar-refractivity contribution is -0.124. The van der Waals surface area contributed by atoms with Crippen molar-refractivity contribution in [1.82, 2.24) is 0 Å². The van der Waals surface area contributed by atoms with Gasteiger partial charge in [0.1, 0.15) is 5.60 Å². The first-order chi connectivity index (χ1) is 8.74. The Morgan fingerprint density at radius 3 is 2.44 bits per heavy atom. The number of aldehydes is 1. The van der Waals surface area contributed by atoms with Crippen molar-refractivity contribution in [3.8, 4) is 0 Å². The summed E-state index contributed by atoms with van der Waals surface area (Å²) in [5.74, 6) is -0.257. The van der Waals surface area contributed by atoms with Gasteiger partial charge in [-0.15, -0.1) is 0 Å². The molecular formula is C16H14O2. The summed E-state index contributed by atoms with van der Waals surface area (Å²) in [6, 6.07) is 17.6. The summed E-state index contributed by atoms with van der Waals surface area (Å²) in [5.41, 5.74) is 1.78. The second kappa shape index (κ2) is 4.07. The molecule has 1 aliphatic rings. The van der Waals surface area contributed by atoms with Crippen molar-refractivity contribution < 1.29 is 9.90 Å². The third-order valence-corrected chi connectivity index (χ3v) is 3.68. The molecule has 0 amide bonds. The summed E-state index contributed by atoms with van der Waals surface area (Å²) in [5, 5.41) is 10.6. The molecule has 0 saturated carbocycles.